The van der Waals surface area contributed by atoms with Crippen LogP contribution in [0, 0.1) is 10.1 Å². The highest BCUT2D eigenvalue weighted by molar-refractivity contribution is 7.98. The zero-order chi connectivity index (χ0) is 21.3. The highest BCUT2D eigenvalue weighted by Crippen LogP contribution is 2.36. The van der Waals surface area contributed by atoms with Gasteiger partial charge in [0.05, 0.1) is 30.5 Å². The molecule has 0 saturated heterocycles. The zero-order valence-electron chi connectivity index (χ0n) is 16.2. The van der Waals surface area contributed by atoms with Crippen LogP contribution in [0.4, 0.5) is 11.5 Å². The molecule has 4 rings (SSSR count). The van der Waals surface area contributed by atoms with Gasteiger partial charge in [-0.3, -0.25) is 14.9 Å². The summed E-state index contributed by atoms with van der Waals surface area (Å²) in [5, 5.41) is 18.5. The van der Waals surface area contributed by atoms with Crippen LogP contribution < -0.4 is 14.8 Å². The van der Waals surface area contributed by atoms with Crippen molar-refractivity contribution < 1.29 is 19.2 Å². The van der Waals surface area contributed by atoms with E-state index in [2.05, 4.69) is 10.4 Å². The van der Waals surface area contributed by atoms with Crippen molar-refractivity contribution in [3.05, 3.63) is 69.4 Å². The Bertz CT molecular complexity index is 1100. The molecular weight excluding hydrogens is 408 g/mol. The summed E-state index contributed by atoms with van der Waals surface area (Å²) in [6.45, 7) is 0. The first-order chi connectivity index (χ1) is 14.5. The first-order valence-corrected chi connectivity index (χ1v) is 10.1. The van der Waals surface area contributed by atoms with Crippen molar-refractivity contribution in [3.63, 3.8) is 0 Å². The van der Waals surface area contributed by atoms with Crippen LogP contribution in [-0.2, 0) is 11.5 Å². The number of anilines is 1. The molecule has 0 spiro atoms. The van der Waals surface area contributed by atoms with Crippen LogP contribution in [0.3, 0.4) is 0 Å². The van der Waals surface area contributed by atoms with E-state index in [1.165, 1.54) is 26.4 Å². The van der Waals surface area contributed by atoms with Crippen molar-refractivity contribution in [2.24, 2.45) is 0 Å². The maximum atomic E-state index is 13.0. The molecule has 0 fully saturated rings. The number of non-ortho nitro benzene ring substituents is 1. The van der Waals surface area contributed by atoms with E-state index in [-0.39, 0.29) is 11.6 Å². The Morgan fingerprint density at radius 3 is 2.40 bits per heavy atom. The maximum Gasteiger partial charge on any atom is 0.269 e. The van der Waals surface area contributed by atoms with Crippen molar-refractivity contribution in [3.8, 4) is 17.2 Å². The number of nitro groups is 1. The van der Waals surface area contributed by atoms with Gasteiger partial charge in [-0.25, -0.2) is 4.68 Å². The van der Waals surface area contributed by atoms with Gasteiger partial charge in [-0.1, -0.05) is 0 Å². The van der Waals surface area contributed by atoms with Crippen LogP contribution >= 0.6 is 11.8 Å². The number of rotatable bonds is 6. The monoisotopic (exact) mass is 426 g/mol. The molecule has 2 aromatic carbocycles. The lowest BCUT2D eigenvalue weighted by atomic mass is 10.1. The minimum absolute atomic E-state index is 0.0111. The number of nitrogens with zero attached hydrogens (tertiary/aromatic N) is 3. The molecule has 0 radical (unpaired) electrons. The quantitative estimate of drug-likeness (QED) is 0.472. The van der Waals surface area contributed by atoms with E-state index in [9.17, 15) is 14.9 Å². The van der Waals surface area contributed by atoms with Crippen molar-refractivity contribution >= 4 is 29.2 Å². The summed E-state index contributed by atoms with van der Waals surface area (Å²) in [5.41, 5.74) is 2.82. The second kappa shape index (κ2) is 8.07. The Morgan fingerprint density at radius 2 is 1.80 bits per heavy atom. The van der Waals surface area contributed by atoms with E-state index in [4.69, 9.17) is 9.47 Å². The fourth-order valence-corrected chi connectivity index (χ4v) is 4.20. The van der Waals surface area contributed by atoms with Crippen LogP contribution in [0.2, 0.25) is 0 Å². The molecule has 3 aromatic rings. The number of benzene rings is 2. The predicted octanol–water partition coefficient (Wildman–Crippen LogP) is 3.80. The van der Waals surface area contributed by atoms with Gasteiger partial charge in [-0.15, -0.1) is 0 Å². The molecule has 1 aliphatic heterocycles. The Balaban J connectivity index is 1.71. The second-order valence-electron chi connectivity index (χ2n) is 6.51. The van der Waals surface area contributed by atoms with Crippen molar-refractivity contribution in [2.75, 3.05) is 19.5 Å². The van der Waals surface area contributed by atoms with E-state index in [0.29, 0.717) is 28.6 Å². The Kier molecular flexibility index (Phi) is 5.32. The van der Waals surface area contributed by atoms with Crippen LogP contribution in [0.15, 0.2) is 42.5 Å². The van der Waals surface area contributed by atoms with E-state index in [1.807, 2.05) is 0 Å². The molecule has 0 saturated carbocycles. The summed E-state index contributed by atoms with van der Waals surface area (Å²) in [7, 11) is 3.04. The third-order valence-electron chi connectivity index (χ3n) is 4.70. The van der Waals surface area contributed by atoms with E-state index >= 15 is 0 Å². The van der Waals surface area contributed by atoms with E-state index in [1.54, 1.807) is 46.8 Å². The molecule has 30 heavy (non-hydrogen) atoms. The maximum absolute atomic E-state index is 13.0. The van der Waals surface area contributed by atoms with E-state index in [0.717, 1.165) is 22.8 Å². The first kappa shape index (κ1) is 19.8. The number of nitrogens with one attached hydrogen (secondary N) is 1. The van der Waals surface area contributed by atoms with Crippen LogP contribution in [0.1, 0.15) is 21.6 Å². The van der Waals surface area contributed by atoms with Gasteiger partial charge in [0.1, 0.15) is 17.3 Å². The molecule has 0 atom stereocenters. The predicted molar refractivity (Wildman–Crippen MR) is 113 cm³/mol. The number of thioether (sulfide) groups is 1. The van der Waals surface area contributed by atoms with Gasteiger partial charge in [0.2, 0.25) is 0 Å². The average Bonchev–Trinajstić information content (AvgIpc) is 3.36. The lowest BCUT2D eigenvalue weighted by molar-refractivity contribution is -0.384. The van der Waals surface area contributed by atoms with Gasteiger partial charge < -0.3 is 14.8 Å². The standard InChI is InChI=1S/C20H18N4O5S/c1-28-15-7-12(8-16(9-15)29-2)20(25)21-19-17-10-30-11-18(17)22-23(19)13-3-5-14(6-4-13)24(26)27/h3-9H,10-11H2,1-2H3,(H,21,25). The summed E-state index contributed by atoms with van der Waals surface area (Å²) < 4.78 is 12.1. The number of hydrogen-bond donors (Lipinski definition) is 1. The molecule has 10 heteroatoms. The van der Waals surface area contributed by atoms with Gasteiger partial charge in [-0.05, 0) is 24.3 Å². The minimum Gasteiger partial charge on any atom is -0.497 e. The lowest BCUT2D eigenvalue weighted by Gasteiger charge is -2.12. The SMILES string of the molecule is COc1cc(OC)cc(C(=O)Nc2c3c(nn2-c2ccc([N+](=O)[O-])cc2)CSC3)c1. The smallest absolute Gasteiger partial charge is 0.269 e. The molecule has 0 aliphatic carbocycles. The van der Waals surface area contributed by atoms with Crippen LogP contribution in [-0.4, -0.2) is 34.8 Å². The summed E-state index contributed by atoms with van der Waals surface area (Å²) in [6, 6.07) is 11.0. The molecule has 1 N–H and O–H groups in total. The third-order valence-corrected chi connectivity index (χ3v) is 5.67. The van der Waals surface area contributed by atoms with Gasteiger partial charge in [0.25, 0.3) is 11.6 Å². The summed E-state index contributed by atoms with van der Waals surface area (Å²) in [5.74, 6) is 2.68. The fourth-order valence-electron chi connectivity index (χ4n) is 3.16. The molecule has 154 valence electrons. The Morgan fingerprint density at radius 1 is 1.13 bits per heavy atom. The van der Waals surface area contributed by atoms with E-state index < -0.39 is 4.92 Å². The summed E-state index contributed by atoms with van der Waals surface area (Å²) in [6.07, 6.45) is 0. The number of aromatic nitrogens is 2. The fraction of sp³-hybridized carbons (Fsp3) is 0.200. The first-order valence-electron chi connectivity index (χ1n) is 8.98. The number of amides is 1. The van der Waals surface area contributed by atoms with Crippen molar-refractivity contribution in [2.45, 2.75) is 11.5 Å². The molecular formula is C20H18N4O5S. The summed E-state index contributed by atoms with van der Waals surface area (Å²) >= 11 is 1.71. The largest absolute Gasteiger partial charge is 0.497 e. The number of fused-ring (bicyclic) bond motifs is 1. The Labute approximate surface area is 176 Å². The highest BCUT2D eigenvalue weighted by atomic mass is 32.2. The van der Waals surface area contributed by atoms with Crippen LogP contribution in [0.5, 0.6) is 11.5 Å². The van der Waals surface area contributed by atoms with Crippen LogP contribution in [0.25, 0.3) is 5.69 Å². The normalized spacial score (nSPS) is 12.3. The molecule has 1 aromatic heterocycles. The number of hydrogen-bond acceptors (Lipinski definition) is 7. The lowest BCUT2D eigenvalue weighted by Crippen LogP contribution is -2.16. The zero-order valence-corrected chi connectivity index (χ0v) is 17.1. The number of carbonyl (C=O) groups excluding carboxylic acids is 1. The third kappa shape index (κ3) is 3.69. The molecule has 2 heterocycles. The molecule has 0 bridgehead atoms. The van der Waals surface area contributed by atoms with Crippen molar-refractivity contribution in [1.29, 1.82) is 0 Å². The number of carbonyl (C=O) groups is 1. The molecule has 0 unspecified atom stereocenters. The molecule has 9 nitrogen and oxygen atoms in total. The number of methoxy groups -OCH3 is 2. The average molecular weight is 426 g/mol. The highest BCUT2D eigenvalue weighted by Gasteiger charge is 2.25. The second-order valence-corrected chi connectivity index (χ2v) is 7.49. The van der Waals surface area contributed by atoms with Crippen molar-refractivity contribution in [1.82, 2.24) is 9.78 Å². The Hall–Kier alpha value is -3.53. The topological polar surface area (TPSA) is 109 Å². The number of ether oxygens (including phenoxy) is 2. The van der Waals surface area contributed by atoms with Gasteiger partial charge >= 0.3 is 0 Å². The minimum atomic E-state index is -0.456. The van der Waals surface area contributed by atoms with Gasteiger partial charge in [0.15, 0.2) is 0 Å². The number of nitro benzene ring substituents is 1. The van der Waals surface area contributed by atoms with Gasteiger partial charge in [0, 0.05) is 40.8 Å². The molecule has 1 aliphatic rings. The summed E-state index contributed by atoms with van der Waals surface area (Å²) in [4.78, 5) is 23.5. The molecule has 1 amide bonds. The van der Waals surface area contributed by atoms with Gasteiger partial charge in [-0.2, -0.15) is 16.9 Å².